The molecular formula is C66H129NO5. The van der Waals surface area contributed by atoms with Crippen molar-refractivity contribution in [2.45, 2.75) is 386 Å². The lowest BCUT2D eigenvalue weighted by atomic mass is 10.0. The standard InChI is InChI=1S/C66H129NO5/c1-3-5-7-9-11-13-15-17-19-21-23-28-32-36-40-44-48-52-56-60-66(71)72-61-57-53-49-45-41-37-33-29-25-22-24-27-31-35-39-43-47-51-55-59-65(70)67-63(62-68)64(69)58-54-50-46-42-38-34-30-26-20-18-16-14-12-10-8-6-4-2/h17,19,63-64,68-69H,3-16,18,20-62H2,1-2H3,(H,67,70)/b19-17-. The van der Waals surface area contributed by atoms with Gasteiger partial charge in [0.05, 0.1) is 25.4 Å². The number of hydrogen-bond donors (Lipinski definition) is 3. The Morgan fingerprint density at radius 2 is 0.653 bits per heavy atom. The molecule has 0 aromatic carbocycles. The molecule has 2 atom stereocenters. The molecule has 0 aliphatic carbocycles. The highest BCUT2D eigenvalue weighted by molar-refractivity contribution is 5.76. The summed E-state index contributed by atoms with van der Waals surface area (Å²) in [6.07, 6.45) is 75.1. The molecule has 0 aromatic rings. The molecule has 6 heteroatoms. The molecule has 0 aliphatic rings. The fourth-order valence-electron chi connectivity index (χ4n) is 10.5. The van der Waals surface area contributed by atoms with Gasteiger partial charge in [0.2, 0.25) is 5.91 Å². The van der Waals surface area contributed by atoms with Crippen molar-refractivity contribution in [3.05, 3.63) is 12.2 Å². The van der Waals surface area contributed by atoms with E-state index < -0.39 is 12.1 Å². The maximum atomic E-state index is 12.5. The van der Waals surface area contributed by atoms with Gasteiger partial charge < -0.3 is 20.3 Å². The van der Waals surface area contributed by atoms with Gasteiger partial charge in [0, 0.05) is 12.8 Å². The highest BCUT2D eigenvalue weighted by Crippen LogP contribution is 2.19. The lowest BCUT2D eigenvalue weighted by molar-refractivity contribution is -0.143. The average molecular weight is 1020 g/mol. The van der Waals surface area contributed by atoms with Crippen LogP contribution in [-0.4, -0.2) is 47.4 Å². The number of esters is 1. The molecule has 1 amide bonds. The van der Waals surface area contributed by atoms with Crippen LogP contribution in [0.1, 0.15) is 373 Å². The van der Waals surface area contributed by atoms with Crippen LogP contribution in [0.15, 0.2) is 12.2 Å². The minimum Gasteiger partial charge on any atom is -0.466 e. The third kappa shape index (κ3) is 57.9. The Morgan fingerprint density at radius 1 is 0.375 bits per heavy atom. The molecule has 0 aliphatic heterocycles. The minimum atomic E-state index is -0.666. The molecule has 0 radical (unpaired) electrons. The van der Waals surface area contributed by atoms with E-state index in [1.54, 1.807) is 0 Å². The van der Waals surface area contributed by atoms with Crippen LogP contribution in [-0.2, 0) is 14.3 Å². The van der Waals surface area contributed by atoms with Crippen LogP contribution in [0.25, 0.3) is 0 Å². The number of allylic oxidation sites excluding steroid dienone is 2. The molecule has 0 spiro atoms. The number of unbranched alkanes of at least 4 members (excludes halogenated alkanes) is 49. The zero-order valence-corrected chi connectivity index (χ0v) is 48.9. The molecule has 72 heavy (non-hydrogen) atoms. The van der Waals surface area contributed by atoms with Gasteiger partial charge in [0.25, 0.3) is 0 Å². The Hall–Kier alpha value is -1.40. The van der Waals surface area contributed by atoms with Crippen LogP contribution in [0.5, 0.6) is 0 Å². The van der Waals surface area contributed by atoms with Gasteiger partial charge in [0.1, 0.15) is 0 Å². The Kier molecular flexibility index (Phi) is 60.9. The predicted octanol–water partition coefficient (Wildman–Crippen LogP) is 20.8. The summed E-state index contributed by atoms with van der Waals surface area (Å²) in [7, 11) is 0. The number of hydrogen-bond acceptors (Lipinski definition) is 5. The molecule has 0 heterocycles. The van der Waals surface area contributed by atoms with Crippen molar-refractivity contribution < 1.29 is 24.5 Å². The van der Waals surface area contributed by atoms with Gasteiger partial charge in [-0.1, -0.05) is 321 Å². The molecule has 2 unspecified atom stereocenters. The number of carbonyl (C=O) groups is 2. The van der Waals surface area contributed by atoms with Crippen LogP contribution in [0.2, 0.25) is 0 Å². The number of aliphatic hydroxyl groups is 2. The van der Waals surface area contributed by atoms with E-state index in [-0.39, 0.29) is 18.5 Å². The molecule has 0 saturated heterocycles. The average Bonchev–Trinajstić information content (AvgIpc) is 3.38. The second-order valence-corrected chi connectivity index (χ2v) is 22.8. The second kappa shape index (κ2) is 62.1. The van der Waals surface area contributed by atoms with Gasteiger partial charge in [-0.05, 0) is 51.4 Å². The second-order valence-electron chi connectivity index (χ2n) is 22.8. The summed E-state index contributed by atoms with van der Waals surface area (Å²) in [6.45, 7) is 4.98. The number of rotatable bonds is 62. The van der Waals surface area contributed by atoms with Crippen LogP contribution in [0.3, 0.4) is 0 Å². The van der Waals surface area contributed by atoms with E-state index in [1.165, 1.54) is 295 Å². The number of amides is 1. The first kappa shape index (κ1) is 70.6. The zero-order chi connectivity index (χ0) is 52.2. The fourth-order valence-corrected chi connectivity index (χ4v) is 10.5. The van der Waals surface area contributed by atoms with Gasteiger partial charge in [-0.15, -0.1) is 0 Å². The van der Waals surface area contributed by atoms with Crippen molar-refractivity contribution in [1.29, 1.82) is 0 Å². The maximum absolute atomic E-state index is 12.5. The van der Waals surface area contributed by atoms with Crippen molar-refractivity contribution in [3.63, 3.8) is 0 Å². The van der Waals surface area contributed by atoms with Gasteiger partial charge >= 0.3 is 5.97 Å². The van der Waals surface area contributed by atoms with Crippen LogP contribution < -0.4 is 5.32 Å². The van der Waals surface area contributed by atoms with E-state index in [2.05, 4.69) is 31.3 Å². The maximum Gasteiger partial charge on any atom is 0.305 e. The van der Waals surface area contributed by atoms with E-state index in [4.69, 9.17) is 4.74 Å². The van der Waals surface area contributed by atoms with E-state index in [1.807, 2.05) is 0 Å². The zero-order valence-electron chi connectivity index (χ0n) is 48.9. The molecule has 0 aromatic heterocycles. The monoisotopic (exact) mass is 1020 g/mol. The number of nitrogens with one attached hydrogen (secondary N) is 1. The predicted molar refractivity (Wildman–Crippen MR) is 315 cm³/mol. The molecule has 0 saturated carbocycles. The molecule has 428 valence electrons. The van der Waals surface area contributed by atoms with E-state index in [9.17, 15) is 19.8 Å². The summed E-state index contributed by atoms with van der Waals surface area (Å²) in [6, 6.07) is -0.543. The highest BCUT2D eigenvalue weighted by atomic mass is 16.5. The summed E-state index contributed by atoms with van der Waals surface area (Å²) < 4.78 is 5.50. The normalized spacial score (nSPS) is 12.6. The smallest absolute Gasteiger partial charge is 0.305 e. The third-order valence-electron chi connectivity index (χ3n) is 15.6. The van der Waals surface area contributed by atoms with Crippen molar-refractivity contribution in [3.8, 4) is 0 Å². The van der Waals surface area contributed by atoms with E-state index >= 15 is 0 Å². The van der Waals surface area contributed by atoms with Crippen molar-refractivity contribution in [2.24, 2.45) is 0 Å². The van der Waals surface area contributed by atoms with E-state index in [0.717, 1.165) is 44.9 Å². The quantitative estimate of drug-likeness (QED) is 0.0320. The molecule has 0 fully saturated rings. The third-order valence-corrected chi connectivity index (χ3v) is 15.6. The largest absolute Gasteiger partial charge is 0.466 e. The van der Waals surface area contributed by atoms with Gasteiger partial charge in [-0.25, -0.2) is 0 Å². The fraction of sp³-hybridized carbons (Fsp3) is 0.939. The molecular weight excluding hydrogens is 887 g/mol. The van der Waals surface area contributed by atoms with Crippen molar-refractivity contribution >= 4 is 11.9 Å². The van der Waals surface area contributed by atoms with E-state index in [0.29, 0.717) is 25.9 Å². The first-order valence-electron chi connectivity index (χ1n) is 32.9. The summed E-state index contributed by atoms with van der Waals surface area (Å²) in [5.41, 5.74) is 0. The first-order valence-corrected chi connectivity index (χ1v) is 32.9. The Balaban J connectivity index is 3.37. The van der Waals surface area contributed by atoms with Crippen molar-refractivity contribution in [1.82, 2.24) is 5.32 Å². The minimum absolute atomic E-state index is 0.00977. The molecule has 0 rings (SSSR count). The topological polar surface area (TPSA) is 95.9 Å². The van der Waals surface area contributed by atoms with Crippen LogP contribution in [0, 0.1) is 0 Å². The summed E-state index contributed by atoms with van der Waals surface area (Å²) in [5.74, 6) is -0.0245. The van der Waals surface area contributed by atoms with Crippen molar-refractivity contribution in [2.75, 3.05) is 13.2 Å². The molecule has 6 nitrogen and oxygen atoms in total. The first-order chi connectivity index (χ1) is 35.5. The summed E-state index contributed by atoms with van der Waals surface area (Å²) in [5, 5.41) is 23.3. The lowest BCUT2D eigenvalue weighted by Crippen LogP contribution is -2.45. The summed E-state index contributed by atoms with van der Waals surface area (Å²) in [4.78, 5) is 24.6. The SMILES string of the molecule is CCCCCCCC/C=C\CCCCCCCCCCCC(=O)OCCCCCCCCCCCCCCCCCCCCCC(=O)NC(CO)C(O)CCCCCCCCCCCCCCCCCCC. The Bertz CT molecular complexity index is 1080. The number of carbonyl (C=O) groups excluding carboxylic acids is 2. The lowest BCUT2D eigenvalue weighted by Gasteiger charge is -2.22. The number of aliphatic hydroxyl groups excluding tert-OH is 2. The Labute approximate surface area is 450 Å². The van der Waals surface area contributed by atoms with Gasteiger partial charge in [0.15, 0.2) is 0 Å². The van der Waals surface area contributed by atoms with Crippen LogP contribution >= 0.6 is 0 Å². The Morgan fingerprint density at radius 3 is 0.986 bits per heavy atom. The van der Waals surface area contributed by atoms with Crippen LogP contribution in [0.4, 0.5) is 0 Å². The number of ether oxygens (including phenoxy) is 1. The molecule has 0 bridgehead atoms. The van der Waals surface area contributed by atoms with Gasteiger partial charge in [-0.2, -0.15) is 0 Å². The summed E-state index contributed by atoms with van der Waals surface area (Å²) >= 11 is 0. The van der Waals surface area contributed by atoms with Gasteiger partial charge in [-0.3, -0.25) is 9.59 Å². The highest BCUT2D eigenvalue weighted by Gasteiger charge is 2.20. The molecule has 3 N–H and O–H groups in total.